The zero-order chi connectivity index (χ0) is 66.3. The van der Waals surface area contributed by atoms with Gasteiger partial charge in [-0.3, -0.25) is 43.5 Å². The van der Waals surface area contributed by atoms with Gasteiger partial charge < -0.3 is 41.1 Å². The van der Waals surface area contributed by atoms with E-state index >= 15 is 0 Å². The first kappa shape index (κ1) is 69.7. The summed E-state index contributed by atoms with van der Waals surface area (Å²) in [5.74, 6) is -0.869. The van der Waals surface area contributed by atoms with Crippen LogP contribution in [0.15, 0.2) is 133 Å². The molecule has 2 unspecified atom stereocenters. The summed E-state index contributed by atoms with van der Waals surface area (Å²) in [7, 11) is 3.33. The minimum Gasteiger partial charge on any atom is -0.444 e. The van der Waals surface area contributed by atoms with Gasteiger partial charge in [0.05, 0.1) is 18.1 Å². The number of nitrogens with zero attached hydrogens (tertiary/aromatic N) is 5. The molecule has 0 radical (unpaired) electrons. The quantitative estimate of drug-likeness (QED) is 0.0489. The molecule has 0 aromatic heterocycles. The number of carbonyl (C=O) groups excluding carboxylic acids is 7. The van der Waals surface area contributed by atoms with E-state index in [2.05, 4.69) is 104 Å². The number of halogens is 2. The van der Waals surface area contributed by atoms with Crippen LogP contribution in [0.3, 0.4) is 0 Å². The monoisotopic (exact) mass is 1310 g/mol. The van der Waals surface area contributed by atoms with Crippen molar-refractivity contribution in [3.8, 4) is 0 Å². The Morgan fingerprint density at radius 3 is 1.39 bits per heavy atom. The summed E-state index contributed by atoms with van der Waals surface area (Å²) >= 11 is 12.3. The topological polar surface area (TPSA) is 205 Å². The molecule has 0 bridgehead atoms. The summed E-state index contributed by atoms with van der Waals surface area (Å²) in [6, 6.07) is 40.2. The Morgan fingerprint density at radius 2 is 0.968 bits per heavy atom. The second-order valence-electron chi connectivity index (χ2n) is 26.0. The number of hydrogen-bond donors (Lipinski definition) is 5. The van der Waals surface area contributed by atoms with Crippen molar-refractivity contribution in [2.24, 2.45) is 0 Å². The van der Waals surface area contributed by atoms with Crippen LogP contribution in [0.25, 0.3) is 21.5 Å². The average Bonchev–Trinajstić information content (AvgIpc) is 1.15. The molecule has 10 rings (SSSR count). The fourth-order valence-electron chi connectivity index (χ4n) is 13.4. The number of ether oxygens (including phenoxy) is 1. The number of fused-ring (bicyclic) bond motifs is 2. The molecule has 0 saturated carbocycles. The number of rotatable bonds is 20. The number of nitrogens with one attached hydrogen (secondary N) is 5. The van der Waals surface area contributed by atoms with Crippen LogP contribution in [0.1, 0.15) is 95.4 Å². The molecule has 5 N–H and O–H groups in total. The van der Waals surface area contributed by atoms with Crippen LogP contribution in [0.4, 0.5) is 4.79 Å². The van der Waals surface area contributed by atoms with Crippen molar-refractivity contribution in [3.63, 3.8) is 0 Å². The van der Waals surface area contributed by atoms with Gasteiger partial charge in [0.15, 0.2) is 0 Å². The highest BCUT2D eigenvalue weighted by atomic mass is 35.5. The zero-order valence-electron chi connectivity index (χ0n) is 54.8. The van der Waals surface area contributed by atoms with Crippen molar-refractivity contribution in [3.05, 3.63) is 166 Å². The maximum Gasteiger partial charge on any atom is 0.410 e. The van der Waals surface area contributed by atoms with Crippen molar-refractivity contribution >= 4 is 86.3 Å². The van der Waals surface area contributed by atoms with E-state index in [0.717, 1.165) is 64.2 Å². The molecule has 0 spiro atoms. The third-order valence-corrected chi connectivity index (χ3v) is 19.0. The minimum atomic E-state index is -0.863. The summed E-state index contributed by atoms with van der Waals surface area (Å²) in [6.07, 6.45) is 5.51. The molecule has 496 valence electrons. The van der Waals surface area contributed by atoms with Gasteiger partial charge in [0, 0.05) is 94.9 Å². The fraction of sp³-hybridized carbons (Fsp3) is 0.466. The van der Waals surface area contributed by atoms with Crippen LogP contribution >= 0.6 is 23.2 Å². The highest BCUT2D eigenvalue weighted by Gasteiger charge is 2.43. The molecule has 7 amide bonds. The third kappa shape index (κ3) is 18.4. The molecular weight excluding hydrogens is 1220 g/mol. The van der Waals surface area contributed by atoms with Crippen LogP contribution in [0.5, 0.6) is 0 Å². The molecule has 18 nitrogen and oxygen atoms in total. The van der Waals surface area contributed by atoms with E-state index in [4.69, 9.17) is 27.9 Å². The Labute approximate surface area is 557 Å². The molecule has 0 aliphatic carbocycles. The van der Waals surface area contributed by atoms with E-state index in [-0.39, 0.29) is 66.0 Å². The predicted octanol–water partition coefficient (Wildman–Crippen LogP) is 8.75. The van der Waals surface area contributed by atoms with Crippen molar-refractivity contribution in [1.82, 2.24) is 51.1 Å². The zero-order valence-corrected chi connectivity index (χ0v) is 56.3. The van der Waals surface area contributed by atoms with Crippen molar-refractivity contribution in [1.29, 1.82) is 0 Å². The molecule has 6 aromatic carbocycles. The molecule has 4 fully saturated rings. The average molecular weight is 1310 g/mol. The van der Waals surface area contributed by atoms with E-state index in [0.29, 0.717) is 94.4 Å². The number of benzene rings is 6. The van der Waals surface area contributed by atoms with E-state index < -0.39 is 35.9 Å². The van der Waals surface area contributed by atoms with Crippen LogP contribution < -0.4 is 26.6 Å². The lowest BCUT2D eigenvalue weighted by Gasteiger charge is -2.45. The summed E-state index contributed by atoms with van der Waals surface area (Å²) < 4.78 is 5.58. The van der Waals surface area contributed by atoms with Gasteiger partial charge >= 0.3 is 6.09 Å². The molecule has 6 aromatic rings. The van der Waals surface area contributed by atoms with Crippen LogP contribution in [0.2, 0.25) is 10.0 Å². The molecule has 8 atom stereocenters. The second-order valence-corrected chi connectivity index (χ2v) is 26.8. The van der Waals surface area contributed by atoms with E-state index in [1.165, 1.54) is 10.3 Å². The first-order valence-electron chi connectivity index (χ1n) is 33.0. The minimum absolute atomic E-state index is 0.0280. The smallest absolute Gasteiger partial charge is 0.410 e. The summed E-state index contributed by atoms with van der Waals surface area (Å²) in [6.45, 7) is 13.8. The largest absolute Gasteiger partial charge is 0.444 e. The number of amides is 7. The Hall–Kier alpha value is -7.61. The molecule has 4 aliphatic rings. The van der Waals surface area contributed by atoms with Crippen molar-refractivity contribution in [2.75, 3.05) is 66.5 Å². The van der Waals surface area contributed by atoms with Crippen molar-refractivity contribution < 1.29 is 38.3 Å². The normalized spacial score (nSPS) is 20.0. The van der Waals surface area contributed by atoms with E-state index in [1.54, 1.807) is 59.1 Å². The summed E-state index contributed by atoms with van der Waals surface area (Å²) in [5.41, 5.74) is 3.26. The van der Waals surface area contributed by atoms with Gasteiger partial charge in [0.1, 0.15) is 23.7 Å². The number of likely N-dealkylation sites (tertiary alicyclic amines) is 1. The fourth-order valence-corrected chi connectivity index (χ4v) is 13.7. The third-order valence-electron chi connectivity index (χ3n) is 18.5. The number of carbonyl (C=O) groups is 7. The Morgan fingerprint density at radius 1 is 0.527 bits per heavy atom. The Kier molecular flexibility index (Phi) is 24.4. The second kappa shape index (κ2) is 32.5. The van der Waals surface area contributed by atoms with Gasteiger partial charge in [0.25, 0.3) is 0 Å². The molecular formula is C73H92Cl2N10O8. The Balaban J connectivity index is 0.000000222. The lowest BCUT2D eigenvalue weighted by atomic mass is 9.97. The van der Waals surface area contributed by atoms with Crippen LogP contribution in [-0.4, -0.2) is 186 Å². The van der Waals surface area contributed by atoms with Gasteiger partial charge in [-0.05, 0) is 147 Å². The number of hydrogen-bond acceptors (Lipinski definition) is 11. The standard InChI is InChI=1S/C39H50ClN5O5.C34H42ClN5O3/c1-6-31-25-43(34(35(46)41-5)24-27-13-16-28-10-7-8-11-29(28)22-27)20-21-44(31)37(48)32(23-26-14-17-30(40)18-15-26)42-36(47)33-12-9-19-45(33)38(49)50-39(2,3)4;1-3-28-22-39(31(33(42)36-2)21-24-10-13-25-7-4-5-8-26(25)19-24)17-18-40(28)34(43)30(20-23-11-14-27(35)15-12-23)38-32(41)29-9-6-16-37-29/h7-8,10-11,13-18,22,31-34H,6,9,12,19-21,23-25H2,1-5H3,(H,41,46)(H,42,47);4-5,7-8,10-15,19,28-31,37H,3,6,9,16-18,20-22H2,1-2H3,(H,36,42)(H,38,41)/t31-,32+,33?,34-;28-,29?,30+,31-/m00/s1. The maximum atomic E-state index is 14.5. The first-order valence-corrected chi connectivity index (χ1v) is 33.8. The van der Waals surface area contributed by atoms with Gasteiger partial charge in [0.2, 0.25) is 35.4 Å². The number of piperazine rings is 2. The van der Waals surface area contributed by atoms with Gasteiger partial charge in [-0.15, -0.1) is 0 Å². The number of likely N-dealkylation sites (N-methyl/N-ethyl adjacent to an activating group) is 2. The molecule has 4 saturated heterocycles. The van der Waals surface area contributed by atoms with Crippen LogP contribution in [0, 0.1) is 0 Å². The van der Waals surface area contributed by atoms with Gasteiger partial charge in [-0.2, -0.15) is 0 Å². The first-order chi connectivity index (χ1) is 44.7. The van der Waals surface area contributed by atoms with E-state index in [9.17, 15) is 33.6 Å². The SMILES string of the molecule is CC[C@H]1CN([C@@H](Cc2ccc3ccccc3c2)C(=O)NC)CCN1C(=O)[C@@H](Cc1ccc(Cl)cc1)NC(=O)C1CCCN1.CC[C@H]1CN([C@@H](Cc2ccc3ccccc3c2)C(=O)NC)CCN1C(=O)[C@@H](Cc1ccc(Cl)cc1)NC(=O)C1CCCN1C(=O)OC(C)(C)C. The summed E-state index contributed by atoms with van der Waals surface area (Å²) in [5, 5.41) is 20.9. The highest BCUT2D eigenvalue weighted by Crippen LogP contribution is 2.27. The predicted molar refractivity (Wildman–Crippen MR) is 367 cm³/mol. The molecule has 20 heteroatoms. The van der Waals surface area contributed by atoms with Crippen molar-refractivity contribution in [2.45, 2.75) is 153 Å². The van der Waals surface area contributed by atoms with Gasteiger partial charge in [-0.25, -0.2) is 4.79 Å². The molecule has 4 aliphatic heterocycles. The summed E-state index contributed by atoms with van der Waals surface area (Å²) in [4.78, 5) is 105. The maximum absolute atomic E-state index is 14.5. The Bertz CT molecular complexity index is 3560. The highest BCUT2D eigenvalue weighted by molar-refractivity contribution is 6.30. The molecule has 4 heterocycles. The van der Waals surface area contributed by atoms with Crippen LogP contribution in [-0.2, 0) is 59.2 Å². The van der Waals surface area contributed by atoms with E-state index in [1.807, 2.05) is 65.3 Å². The van der Waals surface area contributed by atoms with Gasteiger partial charge in [-0.1, -0.05) is 146 Å². The lowest BCUT2D eigenvalue weighted by Crippen LogP contribution is -2.63. The lowest BCUT2D eigenvalue weighted by molar-refractivity contribution is -0.143. The molecule has 93 heavy (non-hydrogen) atoms.